The van der Waals surface area contributed by atoms with Crippen molar-refractivity contribution < 1.29 is 9.59 Å². The molecule has 0 bridgehead atoms. The van der Waals surface area contributed by atoms with Crippen LogP contribution in [0.3, 0.4) is 0 Å². The van der Waals surface area contributed by atoms with E-state index in [0.717, 1.165) is 5.39 Å². The summed E-state index contributed by atoms with van der Waals surface area (Å²) in [7, 11) is 0. The third kappa shape index (κ3) is 2.82. The van der Waals surface area contributed by atoms with Crippen molar-refractivity contribution in [1.82, 2.24) is 10.3 Å². The van der Waals surface area contributed by atoms with Crippen molar-refractivity contribution in [3.8, 4) is 0 Å². The predicted octanol–water partition coefficient (Wildman–Crippen LogP) is 0.872. The monoisotopic (exact) mass is 278 g/mol. The first kappa shape index (κ1) is 13.3. The topological polar surface area (TPSA) is 111 Å². The van der Waals surface area contributed by atoms with Crippen molar-refractivity contribution in [3.05, 3.63) is 23.2 Å². The molecule has 0 spiro atoms. The number of amides is 2. The molecule has 100 valence electrons. The van der Waals surface area contributed by atoms with Crippen LogP contribution in [0.15, 0.2) is 18.3 Å². The van der Waals surface area contributed by atoms with Gasteiger partial charge in [0.25, 0.3) is 5.91 Å². The fourth-order valence-corrected chi connectivity index (χ4v) is 2.73. The van der Waals surface area contributed by atoms with Gasteiger partial charge in [-0.15, -0.1) is 11.3 Å². The Labute approximate surface area is 113 Å². The number of nitrogen functional groups attached to an aromatic ring is 1. The number of hydrogen-bond acceptors (Lipinski definition) is 5. The van der Waals surface area contributed by atoms with E-state index in [0.29, 0.717) is 15.4 Å². The van der Waals surface area contributed by atoms with E-state index in [1.807, 2.05) is 6.07 Å². The number of carbonyl (C=O) groups excluding carboxylic acids is 2. The highest BCUT2D eigenvalue weighted by atomic mass is 32.1. The van der Waals surface area contributed by atoms with Crippen LogP contribution in [-0.4, -0.2) is 22.8 Å². The van der Waals surface area contributed by atoms with Crippen molar-refractivity contribution in [3.63, 3.8) is 0 Å². The third-order valence-electron chi connectivity index (χ3n) is 2.60. The van der Waals surface area contributed by atoms with Crippen molar-refractivity contribution in [2.75, 3.05) is 5.73 Å². The van der Waals surface area contributed by atoms with Gasteiger partial charge in [-0.25, -0.2) is 4.98 Å². The average Bonchev–Trinajstić information content (AvgIpc) is 2.66. The van der Waals surface area contributed by atoms with Gasteiger partial charge < -0.3 is 16.8 Å². The Balaban J connectivity index is 2.22. The second kappa shape index (κ2) is 5.23. The summed E-state index contributed by atoms with van der Waals surface area (Å²) in [4.78, 5) is 28.1. The molecular weight excluding hydrogens is 264 g/mol. The molecule has 0 aliphatic heterocycles. The number of nitrogens with two attached hydrogens (primary N) is 2. The van der Waals surface area contributed by atoms with Gasteiger partial charge in [-0.05, 0) is 19.1 Å². The molecule has 0 saturated heterocycles. The minimum absolute atomic E-state index is 0.0921. The lowest BCUT2D eigenvalue weighted by Gasteiger charge is -2.11. The molecule has 7 heteroatoms. The second-order valence-corrected chi connectivity index (χ2v) is 5.24. The van der Waals surface area contributed by atoms with Gasteiger partial charge in [0.15, 0.2) is 0 Å². The van der Waals surface area contributed by atoms with Gasteiger partial charge >= 0.3 is 0 Å². The van der Waals surface area contributed by atoms with Crippen LogP contribution >= 0.6 is 11.3 Å². The molecule has 0 saturated carbocycles. The first-order valence-electron chi connectivity index (χ1n) is 5.71. The van der Waals surface area contributed by atoms with Crippen LogP contribution < -0.4 is 16.8 Å². The van der Waals surface area contributed by atoms with Crippen molar-refractivity contribution >= 4 is 39.1 Å². The van der Waals surface area contributed by atoms with E-state index in [-0.39, 0.29) is 18.4 Å². The molecule has 2 amide bonds. The van der Waals surface area contributed by atoms with Crippen LogP contribution in [0.2, 0.25) is 0 Å². The van der Waals surface area contributed by atoms with E-state index in [1.54, 1.807) is 19.2 Å². The standard InChI is InChI=1S/C12H14N4O2S/c1-6(5-8(13)17)16-11(18)10-9(14)7-3-2-4-15-12(7)19-10/h2-4,6H,5,14H2,1H3,(H2,13,17)(H,16,18). The van der Waals surface area contributed by atoms with Gasteiger partial charge in [0, 0.05) is 24.0 Å². The molecule has 5 N–H and O–H groups in total. The zero-order valence-corrected chi connectivity index (χ0v) is 11.2. The summed E-state index contributed by atoms with van der Waals surface area (Å²) in [5.74, 6) is -0.770. The molecule has 2 aromatic rings. The Morgan fingerprint density at radius 3 is 2.89 bits per heavy atom. The van der Waals surface area contributed by atoms with Crippen LogP contribution in [0.25, 0.3) is 10.2 Å². The van der Waals surface area contributed by atoms with E-state index in [1.165, 1.54) is 11.3 Å². The highest BCUT2D eigenvalue weighted by Crippen LogP contribution is 2.31. The van der Waals surface area contributed by atoms with Gasteiger partial charge in [0.2, 0.25) is 5.91 Å². The van der Waals surface area contributed by atoms with Crippen LogP contribution in [0.1, 0.15) is 23.0 Å². The van der Waals surface area contributed by atoms with Gasteiger partial charge in [-0.3, -0.25) is 9.59 Å². The fourth-order valence-electron chi connectivity index (χ4n) is 1.76. The van der Waals surface area contributed by atoms with Crippen LogP contribution in [-0.2, 0) is 4.79 Å². The molecule has 2 heterocycles. The SMILES string of the molecule is CC(CC(N)=O)NC(=O)c1sc2ncccc2c1N. The number of anilines is 1. The molecule has 2 rings (SSSR count). The number of carbonyl (C=O) groups is 2. The minimum Gasteiger partial charge on any atom is -0.397 e. The Morgan fingerprint density at radius 1 is 1.53 bits per heavy atom. The third-order valence-corrected chi connectivity index (χ3v) is 3.72. The Bertz CT molecular complexity index is 638. The highest BCUT2D eigenvalue weighted by Gasteiger charge is 2.18. The molecule has 2 aromatic heterocycles. The summed E-state index contributed by atoms with van der Waals surface area (Å²) >= 11 is 1.23. The minimum atomic E-state index is -0.459. The molecule has 0 aromatic carbocycles. The molecule has 19 heavy (non-hydrogen) atoms. The number of primary amides is 1. The molecule has 0 fully saturated rings. The molecule has 0 aliphatic rings. The highest BCUT2D eigenvalue weighted by molar-refractivity contribution is 7.21. The fraction of sp³-hybridized carbons (Fsp3) is 0.250. The van der Waals surface area contributed by atoms with Crippen molar-refractivity contribution in [1.29, 1.82) is 0 Å². The summed E-state index contributed by atoms with van der Waals surface area (Å²) < 4.78 is 0. The van der Waals surface area contributed by atoms with E-state index in [4.69, 9.17) is 11.5 Å². The maximum absolute atomic E-state index is 12.1. The molecular formula is C12H14N4O2S. The normalized spacial score (nSPS) is 12.3. The largest absolute Gasteiger partial charge is 0.397 e. The average molecular weight is 278 g/mol. The van der Waals surface area contributed by atoms with Gasteiger partial charge in [-0.2, -0.15) is 0 Å². The molecule has 0 radical (unpaired) electrons. The van der Waals surface area contributed by atoms with Crippen LogP contribution in [0, 0.1) is 0 Å². The number of hydrogen-bond donors (Lipinski definition) is 3. The van der Waals surface area contributed by atoms with Crippen LogP contribution in [0.5, 0.6) is 0 Å². The van der Waals surface area contributed by atoms with Crippen LogP contribution in [0.4, 0.5) is 5.69 Å². The quantitative estimate of drug-likeness (QED) is 0.770. The number of pyridine rings is 1. The molecule has 1 unspecified atom stereocenters. The number of rotatable bonds is 4. The summed E-state index contributed by atoms with van der Waals surface area (Å²) in [5.41, 5.74) is 11.4. The van der Waals surface area contributed by atoms with Crippen molar-refractivity contribution in [2.24, 2.45) is 5.73 Å². The number of thiophene rings is 1. The van der Waals surface area contributed by atoms with E-state index >= 15 is 0 Å². The summed E-state index contributed by atoms with van der Waals surface area (Å²) in [5, 5.41) is 3.46. The first-order chi connectivity index (χ1) is 8.99. The zero-order valence-electron chi connectivity index (χ0n) is 10.3. The van der Waals surface area contributed by atoms with E-state index < -0.39 is 5.91 Å². The number of nitrogens with one attached hydrogen (secondary N) is 1. The Kier molecular flexibility index (Phi) is 3.66. The summed E-state index contributed by atoms with van der Waals surface area (Å²) in [6.45, 7) is 1.71. The lowest BCUT2D eigenvalue weighted by Crippen LogP contribution is -2.35. The predicted molar refractivity (Wildman–Crippen MR) is 74.8 cm³/mol. The molecule has 6 nitrogen and oxygen atoms in total. The van der Waals surface area contributed by atoms with Gasteiger partial charge in [0.1, 0.15) is 9.71 Å². The molecule has 0 aliphatic carbocycles. The first-order valence-corrected chi connectivity index (χ1v) is 6.53. The number of aromatic nitrogens is 1. The smallest absolute Gasteiger partial charge is 0.263 e. The van der Waals surface area contributed by atoms with Gasteiger partial charge in [0.05, 0.1) is 5.69 Å². The number of nitrogens with zero attached hydrogens (tertiary/aromatic N) is 1. The molecule has 1 atom stereocenters. The Morgan fingerprint density at radius 2 is 2.26 bits per heavy atom. The van der Waals surface area contributed by atoms with Crippen molar-refractivity contribution in [2.45, 2.75) is 19.4 Å². The zero-order chi connectivity index (χ0) is 14.0. The van der Waals surface area contributed by atoms with Gasteiger partial charge in [-0.1, -0.05) is 0 Å². The summed E-state index contributed by atoms with van der Waals surface area (Å²) in [6.07, 6.45) is 1.74. The lowest BCUT2D eigenvalue weighted by atomic mass is 10.2. The van der Waals surface area contributed by atoms with E-state index in [2.05, 4.69) is 10.3 Å². The van der Waals surface area contributed by atoms with E-state index in [9.17, 15) is 9.59 Å². The lowest BCUT2D eigenvalue weighted by molar-refractivity contribution is -0.118. The Hall–Kier alpha value is -2.15. The maximum Gasteiger partial charge on any atom is 0.263 e. The number of fused-ring (bicyclic) bond motifs is 1. The summed E-state index contributed by atoms with van der Waals surface area (Å²) in [6, 6.07) is 3.25. The second-order valence-electron chi connectivity index (χ2n) is 4.25. The maximum atomic E-state index is 12.1.